The van der Waals surface area contributed by atoms with Crippen LogP contribution in [0.4, 0.5) is 0 Å². The Labute approximate surface area is 161 Å². The van der Waals surface area contributed by atoms with E-state index in [2.05, 4.69) is 25.3 Å². The first-order chi connectivity index (χ1) is 13.8. The van der Waals surface area contributed by atoms with Crippen molar-refractivity contribution in [2.24, 2.45) is 20.7 Å². The smallest absolute Gasteiger partial charge is 0.264 e. The van der Waals surface area contributed by atoms with Gasteiger partial charge in [0.2, 0.25) is 0 Å². The second kappa shape index (κ2) is 9.58. The minimum absolute atomic E-state index is 0.218. The van der Waals surface area contributed by atoms with Gasteiger partial charge in [0.05, 0.1) is 11.7 Å². The number of ether oxygens (including phenoxy) is 1. The van der Waals surface area contributed by atoms with Crippen LogP contribution in [0, 0.1) is 0 Å². The maximum absolute atomic E-state index is 11.7. The van der Waals surface area contributed by atoms with Crippen molar-refractivity contribution in [1.82, 2.24) is 10.3 Å². The van der Waals surface area contributed by atoms with Gasteiger partial charge >= 0.3 is 0 Å². The Morgan fingerprint density at radius 3 is 2.64 bits per heavy atom. The Morgan fingerprint density at radius 1 is 1.04 bits per heavy atom. The van der Waals surface area contributed by atoms with Gasteiger partial charge in [-0.1, -0.05) is 6.07 Å². The van der Waals surface area contributed by atoms with E-state index in [1.807, 2.05) is 24.3 Å². The van der Waals surface area contributed by atoms with Crippen molar-refractivity contribution >= 4 is 35.5 Å². The first-order valence-corrected chi connectivity index (χ1v) is 8.41. The number of rotatable bonds is 1. The number of nitrogens with one attached hydrogen (secondary N) is 1. The largest absolute Gasteiger partial charge is 0.463 e. The van der Waals surface area contributed by atoms with E-state index in [0.29, 0.717) is 12.3 Å². The van der Waals surface area contributed by atoms with Crippen molar-refractivity contribution in [3.63, 3.8) is 0 Å². The molecule has 3 N–H and O–H groups in total. The molecule has 1 aliphatic rings. The standard InChI is InChI=1S/C20H18N6O2/c21-20(27)18-5-7-22-8-9-23-10-11-24-12-13-28-19-4-3-17-15(2-1-6-25-17)16(19)14-26-18/h1-13,26H,14H2,(H2,21,27). The van der Waals surface area contributed by atoms with Crippen molar-refractivity contribution in [3.05, 3.63) is 72.7 Å². The van der Waals surface area contributed by atoms with E-state index in [9.17, 15) is 4.79 Å². The summed E-state index contributed by atoms with van der Waals surface area (Å²) < 4.78 is 5.73. The van der Waals surface area contributed by atoms with Crippen LogP contribution < -0.4 is 15.8 Å². The van der Waals surface area contributed by atoms with Gasteiger partial charge in [-0.15, -0.1) is 0 Å². The third kappa shape index (κ3) is 4.98. The summed E-state index contributed by atoms with van der Waals surface area (Å²) in [5.41, 5.74) is 7.32. The highest BCUT2D eigenvalue weighted by molar-refractivity contribution is 6.16. The molecule has 28 heavy (non-hydrogen) atoms. The van der Waals surface area contributed by atoms with Crippen molar-refractivity contribution in [2.45, 2.75) is 6.54 Å². The van der Waals surface area contributed by atoms with Crippen molar-refractivity contribution in [1.29, 1.82) is 0 Å². The third-order valence-electron chi connectivity index (χ3n) is 3.72. The summed E-state index contributed by atoms with van der Waals surface area (Å²) in [5, 5.41) is 3.94. The molecule has 8 nitrogen and oxygen atoms in total. The van der Waals surface area contributed by atoms with Crippen LogP contribution in [0.1, 0.15) is 5.56 Å². The van der Waals surface area contributed by atoms with E-state index in [1.54, 1.807) is 6.20 Å². The number of aliphatic imine (C=N–C) groups is 3. The fourth-order valence-corrected chi connectivity index (χ4v) is 2.46. The summed E-state index contributed by atoms with van der Waals surface area (Å²) in [5.74, 6) is 0.0112. The van der Waals surface area contributed by atoms with Crippen LogP contribution in [0.25, 0.3) is 10.9 Å². The number of nitrogens with two attached hydrogens (primary N) is 1. The van der Waals surface area contributed by atoms with Crippen LogP contribution in [0.15, 0.2) is 82.1 Å². The number of fused-ring (bicyclic) bond motifs is 3. The van der Waals surface area contributed by atoms with E-state index in [1.165, 1.54) is 49.6 Å². The van der Waals surface area contributed by atoms with Crippen LogP contribution >= 0.6 is 0 Å². The Balaban J connectivity index is 2.02. The highest BCUT2D eigenvalue weighted by atomic mass is 16.5. The topological polar surface area (TPSA) is 114 Å². The van der Waals surface area contributed by atoms with Gasteiger partial charge in [-0.3, -0.25) is 24.8 Å². The third-order valence-corrected chi connectivity index (χ3v) is 3.72. The number of allylic oxidation sites excluding steroid dienone is 1. The number of hydrogen-bond acceptors (Lipinski definition) is 7. The molecule has 0 radical (unpaired) electrons. The monoisotopic (exact) mass is 374 g/mol. The van der Waals surface area contributed by atoms with E-state index >= 15 is 0 Å². The van der Waals surface area contributed by atoms with Gasteiger partial charge in [-0.05, 0) is 24.3 Å². The number of aromatic nitrogens is 1. The van der Waals surface area contributed by atoms with Gasteiger partial charge in [0.1, 0.15) is 17.7 Å². The highest BCUT2D eigenvalue weighted by Crippen LogP contribution is 2.27. The molecular weight excluding hydrogens is 356 g/mol. The Hall–Kier alpha value is -4.07. The maximum atomic E-state index is 11.7. The molecule has 2 heterocycles. The Kier molecular flexibility index (Phi) is 6.40. The van der Waals surface area contributed by atoms with Crippen LogP contribution in [-0.4, -0.2) is 29.5 Å². The molecule has 0 unspecified atom stereocenters. The Morgan fingerprint density at radius 2 is 1.82 bits per heavy atom. The van der Waals surface area contributed by atoms with E-state index in [4.69, 9.17) is 10.5 Å². The number of carbonyl (C=O) groups excluding carboxylic acids is 1. The summed E-state index contributed by atoms with van der Waals surface area (Å²) in [6.45, 7) is 0.303. The number of nitrogens with zero attached hydrogens (tertiary/aromatic N) is 4. The molecule has 1 aromatic heterocycles. The number of primary amides is 1. The zero-order valence-corrected chi connectivity index (χ0v) is 14.9. The number of benzene rings is 1. The predicted octanol–water partition coefficient (Wildman–Crippen LogP) is 2.24. The second-order valence-electron chi connectivity index (χ2n) is 5.51. The molecule has 0 aliphatic carbocycles. The average molecular weight is 374 g/mol. The Bertz CT molecular complexity index is 1030. The van der Waals surface area contributed by atoms with Crippen molar-refractivity contribution in [3.8, 4) is 5.75 Å². The molecule has 1 aromatic carbocycles. The van der Waals surface area contributed by atoms with Crippen LogP contribution in [0.5, 0.6) is 5.75 Å². The van der Waals surface area contributed by atoms with Crippen LogP contribution in [0.2, 0.25) is 0 Å². The SMILES string of the molecule is NC(=O)C1=CC=NC=CN=CC=NC=COc2ccc3ncccc3c2CN1. The summed E-state index contributed by atoms with van der Waals surface area (Å²) in [6.07, 6.45) is 13.6. The average Bonchev–Trinajstić information content (AvgIpc) is 2.71. The lowest BCUT2D eigenvalue weighted by Crippen LogP contribution is -2.26. The quantitative estimate of drug-likeness (QED) is 0.796. The molecule has 0 bridgehead atoms. The molecule has 0 saturated heterocycles. The lowest BCUT2D eigenvalue weighted by Gasteiger charge is -2.14. The molecule has 2 aromatic rings. The molecule has 0 fully saturated rings. The molecule has 1 amide bonds. The normalized spacial score (nSPS) is 14.6. The number of amides is 1. The molecule has 8 heteroatoms. The first-order valence-electron chi connectivity index (χ1n) is 8.41. The van der Waals surface area contributed by atoms with Crippen LogP contribution in [-0.2, 0) is 11.3 Å². The number of pyridine rings is 1. The summed E-state index contributed by atoms with van der Waals surface area (Å²) >= 11 is 0. The van der Waals surface area contributed by atoms with Gasteiger partial charge in [0.15, 0.2) is 0 Å². The zero-order chi connectivity index (χ0) is 19.6. The lowest BCUT2D eigenvalue weighted by atomic mass is 10.1. The van der Waals surface area contributed by atoms with E-state index in [-0.39, 0.29) is 5.70 Å². The van der Waals surface area contributed by atoms with Crippen molar-refractivity contribution < 1.29 is 9.53 Å². The minimum Gasteiger partial charge on any atom is -0.463 e. The van der Waals surface area contributed by atoms with Gasteiger partial charge in [-0.2, -0.15) is 0 Å². The molecule has 140 valence electrons. The molecule has 0 saturated carbocycles. The molecular formula is C20H18N6O2. The second-order valence-corrected chi connectivity index (χ2v) is 5.51. The molecule has 0 spiro atoms. The van der Waals surface area contributed by atoms with Crippen LogP contribution in [0.3, 0.4) is 0 Å². The summed E-state index contributed by atoms with van der Waals surface area (Å²) in [7, 11) is 0. The summed E-state index contributed by atoms with van der Waals surface area (Å²) in [4.78, 5) is 28.1. The zero-order valence-electron chi connectivity index (χ0n) is 14.9. The molecule has 3 rings (SSSR count). The highest BCUT2D eigenvalue weighted by Gasteiger charge is 2.11. The van der Waals surface area contributed by atoms with Gasteiger partial charge < -0.3 is 15.8 Å². The van der Waals surface area contributed by atoms with E-state index < -0.39 is 5.91 Å². The van der Waals surface area contributed by atoms with Crippen molar-refractivity contribution in [2.75, 3.05) is 0 Å². The lowest BCUT2D eigenvalue weighted by molar-refractivity contribution is -0.114. The van der Waals surface area contributed by atoms with Gasteiger partial charge in [0.25, 0.3) is 5.91 Å². The van der Waals surface area contributed by atoms with E-state index in [0.717, 1.165) is 16.5 Å². The van der Waals surface area contributed by atoms with Gasteiger partial charge in [0, 0.05) is 54.7 Å². The fourth-order valence-electron chi connectivity index (χ4n) is 2.46. The minimum atomic E-state index is -0.597. The maximum Gasteiger partial charge on any atom is 0.264 e. The number of hydrogen-bond donors (Lipinski definition) is 2. The predicted molar refractivity (Wildman–Crippen MR) is 110 cm³/mol. The fraction of sp³-hybridized carbons (Fsp3) is 0.0500. The van der Waals surface area contributed by atoms with Gasteiger partial charge in [-0.25, -0.2) is 0 Å². The molecule has 1 aliphatic heterocycles. The summed E-state index contributed by atoms with van der Waals surface area (Å²) in [6, 6.07) is 7.46. The molecule has 0 atom stereocenters. The number of carbonyl (C=O) groups is 1. The first kappa shape index (κ1) is 18.7.